The second kappa shape index (κ2) is 13.5. The van der Waals surface area contributed by atoms with Gasteiger partial charge in [0.05, 0.1) is 5.97 Å². The van der Waals surface area contributed by atoms with Crippen molar-refractivity contribution < 1.29 is 42.2 Å². The molecule has 4 nitrogen and oxygen atoms in total. The van der Waals surface area contributed by atoms with Crippen LogP contribution in [0.15, 0.2) is 12.2 Å². The molecule has 0 bridgehead atoms. The minimum absolute atomic E-state index is 0. The van der Waals surface area contributed by atoms with E-state index in [0.29, 0.717) is 0 Å². The summed E-state index contributed by atoms with van der Waals surface area (Å²) in [6, 6.07) is 0. The monoisotopic (exact) mass is 334 g/mol. The molecule has 102 valence electrons. The number of aliphatic carboxylic acids is 2. The summed E-state index contributed by atoms with van der Waals surface area (Å²) in [6.45, 7) is 0. The van der Waals surface area contributed by atoms with Crippen LogP contribution < -0.4 is 5.11 Å². The van der Waals surface area contributed by atoms with E-state index in [2.05, 4.69) is 0 Å². The molecule has 0 fully saturated rings. The molecule has 0 amide bonds. The predicted octanol–water partition coefficient (Wildman–Crippen LogP) is 1.50. The van der Waals surface area contributed by atoms with Gasteiger partial charge in [0.1, 0.15) is 0 Å². The van der Waals surface area contributed by atoms with Gasteiger partial charge in [-0.2, -0.15) is 0 Å². The van der Waals surface area contributed by atoms with Gasteiger partial charge in [0.15, 0.2) is 0 Å². The number of carboxylic acid groups (broad SMARTS) is 2. The van der Waals surface area contributed by atoms with Gasteiger partial charge in [0, 0.05) is 6.42 Å². The van der Waals surface area contributed by atoms with Crippen LogP contribution in [-0.4, -0.2) is 17.0 Å². The molecule has 0 rings (SSSR count). The van der Waals surface area contributed by atoms with Crippen molar-refractivity contribution in [2.45, 2.75) is 51.4 Å². The molecular formula is C12H19AgO4. The van der Waals surface area contributed by atoms with Crippen molar-refractivity contribution in [3.05, 3.63) is 12.2 Å². The SMILES string of the molecule is O=C([O-])/C=C/CCCCCCCCC(=O)O.[Ag+]. The molecule has 0 aromatic heterocycles. The number of carboxylic acids is 2. The fraction of sp³-hybridized carbons (Fsp3) is 0.667. The van der Waals surface area contributed by atoms with Crippen LogP contribution >= 0.6 is 0 Å². The Bertz CT molecular complexity index is 239. The molecule has 17 heavy (non-hydrogen) atoms. The van der Waals surface area contributed by atoms with Crippen LogP contribution in [-0.2, 0) is 32.0 Å². The van der Waals surface area contributed by atoms with E-state index in [1.807, 2.05) is 0 Å². The number of rotatable bonds is 10. The van der Waals surface area contributed by atoms with Crippen LogP contribution in [0.2, 0.25) is 0 Å². The first-order chi connectivity index (χ1) is 7.63. The summed E-state index contributed by atoms with van der Waals surface area (Å²) in [6.07, 6.45) is 9.58. The van der Waals surface area contributed by atoms with Crippen LogP contribution in [0.25, 0.3) is 0 Å². The minimum atomic E-state index is -1.14. The van der Waals surface area contributed by atoms with Crippen LogP contribution in [0, 0.1) is 0 Å². The second-order valence-corrected chi connectivity index (χ2v) is 3.78. The zero-order chi connectivity index (χ0) is 12.2. The third kappa shape index (κ3) is 18.0. The molecule has 0 spiro atoms. The predicted molar refractivity (Wildman–Crippen MR) is 58.7 cm³/mol. The van der Waals surface area contributed by atoms with E-state index in [4.69, 9.17) is 5.11 Å². The molecule has 1 N–H and O–H groups in total. The minimum Gasteiger partial charge on any atom is -0.545 e. The number of hydrogen-bond donors (Lipinski definition) is 1. The Morgan fingerprint density at radius 1 is 1.00 bits per heavy atom. The first kappa shape index (κ1) is 18.8. The maximum absolute atomic E-state index is 10.2. The average Bonchev–Trinajstić information content (AvgIpc) is 2.20. The Kier molecular flexibility index (Phi) is 14.9. The Hall–Kier alpha value is -0.580. The number of allylic oxidation sites excluding steroid dienone is 1. The summed E-state index contributed by atoms with van der Waals surface area (Å²) in [5.74, 6) is -1.87. The summed E-state index contributed by atoms with van der Waals surface area (Å²) < 4.78 is 0. The standard InChI is InChI=1S/C12H20O4.Ag/c13-11(14)9-7-5-3-1-2-4-6-8-10-12(15)16;/h7,9H,1-6,8,10H2,(H,13,14)(H,15,16);/q;+1/p-1/b9-7+;. The third-order valence-electron chi connectivity index (χ3n) is 2.27. The number of carbonyl (C=O) groups is 2. The normalized spacial score (nSPS) is 10.1. The van der Waals surface area contributed by atoms with Crippen LogP contribution in [0.5, 0.6) is 0 Å². The first-order valence-corrected chi connectivity index (χ1v) is 5.72. The molecule has 0 aliphatic heterocycles. The summed E-state index contributed by atoms with van der Waals surface area (Å²) in [5, 5.41) is 18.4. The van der Waals surface area contributed by atoms with E-state index >= 15 is 0 Å². The molecule has 0 atom stereocenters. The molecule has 5 heteroatoms. The van der Waals surface area contributed by atoms with E-state index in [9.17, 15) is 14.7 Å². The van der Waals surface area contributed by atoms with E-state index in [0.717, 1.165) is 51.0 Å². The van der Waals surface area contributed by atoms with Crippen molar-refractivity contribution in [2.75, 3.05) is 0 Å². The van der Waals surface area contributed by atoms with Gasteiger partial charge in [-0.15, -0.1) is 0 Å². The zero-order valence-electron chi connectivity index (χ0n) is 9.79. The van der Waals surface area contributed by atoms with Gasteiger partial charge in [-0.25, -0.2) is 0 Å². The summed E-state index contributed by atoms with van der Waals surface area (Å²) >= 11 is 0. The van der Waals surface area contributed by atoms with Crippen molar-refractivity contribution >= 4 is 11.9 Å². The van der Waals surface area contributed by atoms with Crippen molar-refractivity contribution in [1.29, 1.82) is 0 Å². The molecule has 0 saturated heterocycles. The van der Waals surface area contributed by atoms with Gasteiger partial charge in [-0.3, -0.25) is 4.79 Å². The molecule has 0 unspecified atom stereocenters. The fourth-order valence-corrected chi connectivity index (χ4v) is 1.43. The molecule has 0 radical (unpaired) electrons. The molecular weight excluding hydrogens is 316 g/mol. The van der Waals surface area contributed by atoms with E-state index < -0.39 is 11.9 Å². The Balaban J connectivity index is 0. The topological polar surface area (TPSA) is 77.4 Å². The zero-order valence-corrected chi connectivity index (χ0v) is 11.3. The number of hydrogen-bond acceptors (Lipinski definition) is 3. The molecule has 0 aromatic rings. The molecule has 0 aromatic carbocycles. The smallest absolute Gasteiger partial charge is 0.545 e. The van der Waals surface area contributed by atoms with Gasteiger partial charge in [-0.05, 0) is 25.3 Å². The molecule has 0 aliphatic rings. The summed E-state index contributed by atoms with van der Waals surface area (Å²) in [5.41, 5.74) is 0. The van der Waals surface area contributed by atoms with Gasteiger partial charge < -0.3 is 15.0 Å². The van der Waals surface area contributed by atoms with Crippen molar-refractivity contribution in [3.8, 4) is 0 Å². The molecule has 0 aliphatic carbocycles. The largest absolute Gasteiger partial charge is 1.00 e. The maximum Gasteiger partial charge on any atom is 1.00 e. The summed E-state index contributed by atoms with van der Waals surface area (Å²) in [4.78, 5) is 20.2. The second-order valence-electron chi connectivity index (χ2n) is 3.78. The first-order valence-electron chi connectivity index (χ1n) is 5.72. The van der Waals surface area contributed by atoms with E-state index in [1.54, 1.807) is 6.08 Å². The quantitative estimate of drug-likeness (QED) is 0.373. The number of carbonyl (C=O) groups excluding carboxylic acids is 1. The molecule has 0 saturated carbocycles. The molecule has 0 heterocycles. The maximum atomic E-state index is 10.2. The van der Waals surface area contributed by atoms with E-state index in [-0.39, 0.29) is 28.8 Å². The van der Waals surface area contributed by atoms with Gasteiger partial charge in [-0.1, -0.05) is 31.8 Å². The fourth-order valence-electron chi connectivity index (χ4n) is 1.43. The Morgan fingerprint density at radius 2 is 1.53 bits per heavy atom. The van der Waals surface area contributed by atoms with Crippen LogP contribution in [0.4, 0.5) is 0 Å². The van der Waals surface area contributed by atoms with Crippen molar-refractivity contribution in [3.63, 3.8) is 0 Å². The van der Waals surface area contributed by atoms with Crippen molar-refractivity contribution in [1.82, 2.24) is 0 Å². The Morgan fingerprint density at radius 3 is 2.06 bits per heavy atom. The van der Waals surface area contributed by atoms with Crippen LogP contribution in [0.3, 0.4) is 0 Å². The van der Waals surface area contributed by atoms with Gasteiger partial charge in [0.25, 0.3) is 0 Å². The van der Waals surface area contributed by atoms with Crippen molar-refractivity contribution in [2.24, 2.45) is 0 Å². The van der Waals surface area contributed by atoms with E-state index in [1.165, 1.54) is 0 Å². The van der Waals surface area contributed by atoms with Gasteiger partial charge >= 0.3 is 28.3 Å². The third-order valence-corrected chi connectivity index (χ3v) is 2.27. The van der Waals surface area contributed by atoms with Crippen LogP contribution in [0.1, 0.15) is 51.4 Å². The average molecular weight is 335 g/mol. The Labute approximate surface area is 118 Å². The number of unbranched alkanes of at least 4 members (excludes halogenated alkanes) is 6. The summed E-state index contributed by atoms with van der Waals surface area (Å²) in [7, 11) is 0. The van der Waals surface area contributed by atoms with Gasteiger partial charge in [0.2, 0.25) is 0 Å².